The largest absolute Gasteiger partial charge is 0.461 e. The molecule has 1 rings (SSSR count). The zero-order valence-electron chi connectivity index (χ0n) is 9.43. The van der Waals surface area contributed by atoms with Crippen LogP contribution in [0.25, 0.3) is 0 Å². The summed E-state index contributed by atoms with van der Waals surface area (Å²) in [4.78, 5) is 11.4. The molecule has 6 nitrogen and oxygen atoms in total. The second-order valence-corrected chi connectivity index (χ2v) is 3.71. The molecule has 0 aromatic carbocycles. The highest BCUT2D eigenvalue weighted by atomic mass is 32.2. The van der Waals surface area contributed by atoms with Crippen molar-refractivity contribution in [1.82, 2.24) is 10.2 Å². The summed E-state index contributed by atoms with van der Waals surface area (Å²) < 4.78 is 11.7. The van der Waals surface area contributed by atoms with Crippen molar-refractivity contribution in [3.05, 3.63) is 6.33 Å². The molecule has 0 atom stereocenters. The molecule has 90 valence electrons. The summed E-state index contributed by atoms with van der Waals surface area (Å²) in [5.41, 5.74) is 0. The van der Waals surface area contributed by atoms with Crippen LogP contribution in [0, 0.1) is 0 Å². The average Bonchev–Trinajstić information content (AvgIpc) is 2.71. The second-order valence-electron chi connectivity index (χ2n) is 2.91. The standard InChI is InChI=1S/C9H15N3O3S/c1-3-14-4-5-15-8(13)6-12-7-10-11-9(12)16-2/h7H,3-6H2,1-2H3/p+1. The molecule has 0 unspecified atom stereocenters. The SMILES string of the molecule is CCOCCOC(=O)C[n+]1cn[nH]c1SC. The van der Waals surface area contributed by atoms with E-state index in [-0.39, 0.29) is 12.5 Å². The predicted molar refractivity (Wildman–Crippen MR) is 58.0 cm³/mol. The van der Waals surface area contributed by atoms with Gasteiger partial charge in [0.2, 0.25) is 0 Å². The lowest BCUT2D eigenvalue weighted by Crippen LogP contribution is -2.39. The number of thioether (sulfide) groups is 1. The van der Waals surface area contributed by atoms with E-state index < -0.39 is 0 Å². The van der Waals surface area contributed by atoms with Gasteiger partial charge in [0.15, 0.2) is 6.54 Å². The number of aromatic amines is 1. The molecular formula is C9H16N3O3S+. The van der Waals surface area contributed by atoms with Gasteiger partial charge in [-0.3, -0.25) is 0 Å². The summed E-state index contributed by atoms with van der Waals surface area (Å²) >= 11 is 1.49. The van der Waals surface area contributed by atoms with E-state index in [0.717, 1.165) is 5.16 Å². The molecule has 0 bridgehead atoms. The number of H-pyrrole nitrogens is 1. The van der Waals surface area contributed by atoms with Crippen LogP contribution in [0.4, 0.5) is 0 Å². The summed E-state index contributed by atoms with van der Waals surface area (Å²) in [6.45, 7) is 3.42. The Bertz CT molecular complexity index is 330. The molecular weight excluding hydrogens is 230 g/mol. The van der Waals surface area contributed by atoms with Crippen molar-refractivity contribution >= 4 is 17.7 Å². The van der Waals surface area contributed by atoms with Crippen molar-refractivity contribution in [2.24, 2.45) is 0 Å². The normalized spacial score (nSPS) is 10.4. The monoisotopic (exact) mass is 246 g/mol. The van der Waals surface area contributed by atoms with Crippen LogP contribution in [0.15, 0.2) is 11.5 Å². The molecule has 0 saturated carbocycles. The first-order chi connectivity index (χ1) is 7.77. The maximum Gasteiger partial charge on any atom is 0.341 e. The number of nitrogens with zero attached hydrogens (tertiary/aromatic N) is 2. The minimum absolute atomic E-state index is 0.165. The van der Waals surface area contributed by atoms with Gasteiger partial charge in [-0.2, -0.15) is 0 Å². The van der Waals surface area contributed by atoms with E-state index in [1.54, 1.807) is 10.9 Å². The Labute approximate surface area is 98.3 Å². The van der Waals surface area contributed by atoms with Crippen molar-refractivity contribution in [2.45, 2.75) is 18.6 Å². The summed E-state index contributed by atoms with van der Waals surface area (Å²) in [5.74, 6) is -0.290. The minimum Gasteiger partial charge on any atom is -0.461 e. The highest BCUT2D eigenvalue weighted by molar-refractivity contribution is 7.98. The third-order valence-electron chi connectivity index (χ3n) is 1.81. The van der Waals surface area contributed by atoms with Crippen LogP contribution in [-0.4, -0.2) is 42.2 Å². The molecule has 7 heteroatoms. The Morgan fingerprint density at radius 3 is 3.12 bits per heavy atom. The van der Waals surface area contributed by atoms with Crippen LogP contribution >= 0.6 is 11.8 Å². The first kappa shape index (κ1) is 13.0. The summed E-state index contributed by atoms with van der Waals surface area (Å²) in [5, 5.41) is 7.44. The first-order valence-electron chi connectivity index (χ1n) is 4.98. The van der Waals surface area contributed by atoms with Crippen LogP contribution < -0.4 is 4.57 Å². The van der Waals surface area contributed by atoms with Crippen LogP contribution in [0.5, 0.6) is 0 Å². The summed E-state index contributed by atoms with van der Waals surface area (Å²) in [6, 6.07) is 0. The number of ether oxygens (including phenoxy) is 2. The third-order valence-corrected chi connectivity index (χ3v) is 2.52. The fraction of sp³-hybridized carbons (Fsp3) is 0.667. The zero-order valence-corrected chi connectivity index (χ0v) is 10.2. The van der Waals surface area contributed by atoms with Gasteiger partial charge in [-0.15, -0.1) is 5.10 Å². The van der Waals surface area contributed by atoms with E-state index >= 15 is 0 Å². The quantitative estimate of drug-likeness (QED) is 0.317. The molecule has 16 heavy (non-hydrogen) atoms. The molecule has 1 heterocycles. The number of esters is 1. The van der Waals surface area contributed by atoms with Crippen molar-refractivity contribution in [3.8, 4) is 0 Å². The fourth-order valence-corrected chi connectivity index (χ4v) is 1.58. The van der Waals surface area contributed by atoms with Gasteiger partial charge >= 0.3 is 5.97 Å². The third kappa shape index (κ3) is 4.19. The first-order valence-corrected chi connectivity index (χ1v) is 6.20. The van der Waals surface area contributed by atoms with Crippen LogP contribution in [0.1, 0.15) is 6.92 Å². The van der Waals surface area contributed by atoms with Gasteiger partial charge in [0, 0.05) is 11.7 Å². The fourth-order valence-electron chi connectivity index (χ4n) is 1.09. The maximum atomic E-state index is 11.4. The molecule has 0 saturated heterocycles. The van der Waals surface area contributed by atoms with Gasteiger partial charge in [-0.25, -0.2) is 9.36 Å². The Morgan fingerprint density at radius 2 is 2.44 bits per heavy atom. The van der Waals surface area contributed by atoms with Gasteiger partial charge in [0.1, 0.15) is 6.61 Å². The molecule has 0 amide bonds. The molecule has 0 aliphatic rings. The predicted octanol–water partition coefficient (Wildman–Crippen LogP) is -0.00120. The second kappa shape index (κ2) is 7.24. The van der Waals surface area contributed by atoms with Gasteiger partial charge in [0.05, 0.1) is 6.61 Å². The van der Waals surface area contributed by atoms with E-state index in [2.05, 4.69) is 10.2 Å². The van der Waals surface area contributed by atoms with Gasteiger partial charge < -0.3 is 9.47 Å². The Balaban J connectivity index is 2.28. The number of hydrogen-bond acceptors (Lipinski definition) is 5. The molecule has 1 aromatic rings. The topological polar surface area (TPSA) is 68.1 Å². The number of aromatic nitrogens is 3. The molecule has 1 N–H and O–H groups in total. The van der Waals surface area contributed by atoms with Gasteiger partial charge in [-0.05, 0) is 13.2 Å². The molecule has 0 aliphatic heterocycles. The molecule has 0 radical (unpaired) electrons. The lowest BCUT2D eigenvalue weighted by molar-refractivity contribution is -0.722. The van der Waals surface area contributed by atoms with E-state index in [1.165, 1.54) is 11.8 Å². The Kier molecular flexibility index (Phi) is 5.87. The molecule has 0 fully saturated rings. The van der Waals surface area contributed by atoms with Crippen molar-refractivity contribution in [1.29, 1.82) is 0 Å². The average molecular weight is 246 g/mol. The van der Waals surface area contributed by atoms with Crippen LogP contribution in [-0.2, 0) is 20.8 Å². The van der Waals surface area contributed by atoms with E-state index in [9.17, 15) is 4.79 Å². The van der Waals surface area contributed by atoms with Gasteiger partial charge in [0.25, 0.3) is 11.5 Å². The lowest BCUT2D eigenvalue weighted by atomic mass is 10.6. The molecule has 1 aromatic heterocycles. The smallest absolute Gasteiger partial charge is 0.341 e. The Morgan fingerprint density at radius 1 is 1.62 bits per heavy atom. The Hall–Kier alpha value is -1.08. The van der Waals surface area contributed by atoms with E-state index in [0.29, 0.717) is 19.8 Å². The number of hydrogen-bond donors (Lipinski definition) is 1. The van der Waals surface area contributed by atoms with Crippen molar-refractivity contribution < 1.29 is 18.8 Å². The number of rotatable bonds is 7. The van der Waals surface area contributed by atoms with Crippen LogP contribution in [0.3, 0.4) is 0 Å². The molecule has 0 spiro atoms. The number of carbonyl (C=O) groups is 1. The highest BCUT2D eigenvalue weighted by Gasteiger charge is 2.14. The van der Waals surface area contributed by atoms with Crippen molar-refractivity contribution in [2.75, 3.05) is 26.1 Å². The zero-order chi connectivity index (χ0) is 11.8. The van der Waals surface area contributed by atoms with Gasteiger partial charge in [-0.1, -0.05) is 11.8 Å². The van der Waals surface area contributed by atoms with E-state index in [4.69, 9.17) is 9.47 Å². The highest BCUT2D eigenvalue weighted by Crippen LogP contribution is 2.02. The molecule has 0 aliphatic carbocycles. The minimum atomic E-state index is -0.290. The van der Waals surface area contributed by atoms with Crippen LogP contribution in [0.2, 0.25) is 0 Å². The van der Waals surface area contributed by atoms with E-state index in [1.807, 2.05) is 13.2 Å². The summed E-state index contributed by atoms with van der Waals surface area (Å²) in [7, 11) is 0. The number of nitrogens with one attached hydrogen (secondary N) is 1. The lowest BCUT2D eigenvalue weighted by Gasteiger charge is -2.03. The summed E-state index contributed by atoms with van der Waals surface area (Å²) in [6.07, 6.45) is 3.47. The number of carbonyl (C=O) groups excluding carboxylic acids is 1. The maximum absolute atomic E-state index is 11.4. The van der Waals surface area contributed by atoms with Crippen molar-refractivity contribution in [3.63, 3.8) is 0 Å².